The van der Waals surface area contributed by atoms with Gasteiger partial charge in [-0.2, -0.15) is 0 Å². The van der Waals surface area contributed by atoms with Crippen molar-refractivity contribution < 1.29 is 4.79 Å². The quantitative estimate of drug-likeness (QED) is 0.419. The monoisotopic (exact) mass is 140 g/mol. The molecule has 0 unspecified atom stereocenters. The van der Waals surface area contributed by atoms with Crippen molar-refractivity contribution >= 4 is 6.41 Å². The van der Waals surface area contributed by atoms with Crippen LogP contribution >= 0.6 is 0 Å². The number of carbonyl (C=O) groups excluding carboxylic acids is 1. The standard InChI is InChI=1S/C8H14NO/c1-3-4-5-6-7-9(2)8-10/h6-8H,1,3-5H2,2H3. The van der Waals surface area contributed by atoms with Gasteiger partial charge in [0.25, 0.3) is 0 Å². The zero-order valence-corrected chi connectivity index (χ0v) is 6.42. The molecule has 1 amide bonds. The van der Waals surface area contributed by atoms with Crippen LogP contribution < -0.4 is 0 Å². The number of nitrogens with zero attached hydrogens (tertiary/aromatic N) is 1. The lowest BCUT2D eigenvalue weighted by atomic mass is 10.2. The molecule has 0 spiro atoms. The van der Waals surface area contributed by atoms with E-state index in [0.29, 0.717) is 0 Å². The van der Waals surface area contributed by atoms with Crippen molar-refractivity contribution in [2.24, 2.45) is 0 Å². The van der Waals surface area contributed by atoms with Crippen LogP contribution in [0.25, 0.3) is 0 Å². The van der Waals surface area contributed by atoms with Gasteiger partial charge in [0, 0.05) is 13.2 Å². The van der Waals surface area contributed by atoms with Gasteiger partial charge in [-0.05, 0) is 12.8 Å². The van der Waals surface area contributed by atoms with E-state index in [-0.39, 0.29) is 0 Å². The maximum absolute atomic E-state index is 10.0. The predicted octanol–water partition coefficient (Wildman–Crippen LogP) is 1.59. The molecule has 57 valence electrons. The summed E-state index contributed by atoms with van der Waals surface area (Å²) in [5.41, 5.74) is 0. The van der Waals surface area contributed by atoms with Gasteiger partial charge in [0.05, 0.1) is 0 Å². The third kappa shape index (κ3) is 5.35. The Labute approximate surface area is 62.5 Å². The van der Waals surface area contributed by atoms with Crippen molar-refractivity contribution in [3.8, 4) is 0 Å². The topological polar surface area (TPSA) is 20.3 Å². The molecule has 0 aliphatic carbocycles. The van der Waals surface area contributed by atoms with Crippen molar-refractivity contribution in [3.63, 3.8) is 0 Å². The zero-order chi connectivity index (χ0) is 7.82. The molecule has 0 aromatic carbocycles. The van der Waals surface area contributed by atoms with Gasteiger partial charge >= 0.3 is 0 Å². The summed E-state index contributed by atoms with van der Waals surface area (Å²) in [6, 6.07) is 0. The van der Waals surface area contributed by atoms with Crippen LogP contribution in [0.3, 0.4) is 0 Å². The van der Waals surface area contributed by atoms with E-state index in [9.17, 15) is 4.79 Å². The normalized spacial score (nSPS) is 10.2. The van der Waals surface area contributed by atoms with Crippen molar-refractivity contribution in [2.45, 2.75) is 19.3 Å². The first kappa shape index (κ1) is 9.21. The summed E-state index contributed by atoms with van der Waals surface area (Å²) in [4.78, 5) is 11.5. The molecule has 0 rings (SSSR count). The molecular weight excluding hydrogens is 126 g/mol. The number of hydrogen-bond acceptors (Lipinski definition) is 1. The molecule has 0 saturated heterocycles. The van der Waals surface area contributed by atoms with E-state index in [1.165, 1.54) is 4.90 Å². The van der Waals surface area contributed by atoms with E-state index in [1.807, 2.05) is 6.08 Å². The zero-order valence-electron chi connectivity index (χ0n) is 6.42. The third-order valence-corrected chi connectivity index (χ3v) is 1.13. The molecule has 0 heterocycles. The van der Waals surface area contributed by atoms with Crippen LogP contribution in [-0.2, 0) is 4.79 Å². The highest BCUT2D eigenvalue weighted by Gasteiger charge is 1.82. The van der Waals surface area contributed by atoms with E-state index in [0.717, 1.165) is 25.7 Å². The number of carbonyl (C=O) groups is 1. The fraction of sp³-hybridized carbons (Fsp3) is 0.500. The number of hydrogen-bond donors (Lipinski definition) is 0. The van der Waals surface area contributed by atoms with Crippen molar-refractivity contribution in [3.05, 3.63) is 19.2 Å². The van der Waals surface area contributed by atoms with Crippen LogP contribution in [-0.4, -0.2) is 18.4 Å². The lowest BCUT2D eigenvalue weighted by molar-refractivity contribution is -0.115. The number of amides is 1. The fourth-order valence-corrected chi connectivity index (χ4v) is 0.538. The Morgan fingerprint density at radius 3 is 2.80 bits per heavy atom. The molecule has 0 saturated carbocycles. The first-order valence-corrected chi connectivity index (χ1v) is 3.44. The van der Waals surface area contributed by atoms with E-state index in [4.69, 9.17) is 0 Å². The van der Waals surface area contributed by atoms with Gasteiger partial charge in [-0.3, -0.25) is 4.79 Å². The van der Waals surface area contributed by atoms with Crippen molar-refractivity contribution in [1.29, 1.82) is 0 Å². The van der Waals surface area contributed by atoms with E-state index in [2.05, 4.69) is 6.92 Å². The van der Waals surface area contributed by atoms with E-state index >= 15 is 0 Å². The van der Waals surface area contributed by atoms with Gasteiger partial charge in [0.15, 0.2) is 0 Å². The maximum atomic E-state index is 10.0. The summed E-state index contributed by atoms with van der Waals surface area (Å²) < 4.78 is 0. The first-order chi connectivity index (χ1) is 4.81. The Balaban J connectivity index is 3.26. The second-order valence-electron chi connectivity index (χ2n) is 2.15. The molecule has 0 N–H and O–H groups in total. The molecule has 0 aliphatic heterocycles. The predicted molar refractivity (Wildman–Crippen MR) is 42.2 cm³/mol. The summed E-state index contributed by atoms with van der Waals surface area (Å²) in [5.74, 6) is 0. The van der Waals surface area contributed by atoms with Crippen molar-refractivity contribution in [2.75, 3.05) is 7.05 Å². The SMILES string of the molecule is [CH2]CCCC=CN(C)C=O. The second-order valence-corrected chi connectivity index (χ2v) is 2.15. The summed E-state index contributed by atoms with van der Waals surface area (Å²) in [6.45, 7) is 3.71. The largest absolute Gasteiger partial charge is 0.325 e. The minimum Gasteiger partial charge on any atom is -0.325 e. The molecular formula is C8H14NO. The highest BCUT2D eigenvalue weighted by atomic mass is 16.1. The van der Waals surface area contributed by atoms with Crippen LogP contribution in [0.1, 0.15) is 19.3 Å². The second kappa shape index (κ2) is 6.33. The molecule has 1 radical (unpaired) electrons. The van der Waals surface area contributed by atoms with Gasteiger partial charge in [-0.15, -0.1) is 0 Å². The van der Waals surface area contributed by atoms with Crippen LogP contribution in [0.5, 0.6) is 0 Å². The number of allylic oxidation sites excluding steroid dienone is 1. The lowest BCUT2D eigenvalue weighted by Crippen LogP contribution is -2.05. The summed E-state index contributed by atoms with van der Waals surface area (Å²) in [7, 11) is 1.72. The average Bonchev–Trinajstić information content (AvgIpc) is 1.98. The van der Waals surface area contributed by atoms with Crippen molar-refractivity contribution in [1.82, 2.24) is 4.90 Å². The summed E-state index contributed by atoms with van der Waals surface area (Å²) in [5, 5.41) is 0. The number of rotatable bonds is 5. The van der Waals surface area contributed by atoms with Gasteiger partial charge < -0.3 is 4.90 Å². The molecule has 0 atom stereocenters. The van der Waals surface area contributed by atoms with Gasteiger partial charge in [-0.1, -0.05) is 19.4 Å². The maximum Gasteiger partial charge on any atom is 0.213 e. The van der Waals surface area contributed by atoms with Gasteiger partial charge in [0.1, 0.15) is 0 Å². The van der Waals surface area contributed by atoms with E-state index < -0.39 is 0 Å². The Bertz CT molecular complexity index is 110. The lowest BCUT2D eigenvalue weighted by Gasteiger charge is -2.00. The van der Waals surface area contributed by atoms with Crippen LogP contribution in [0.2, 0.25) is 0 Å². The molecule has 0 aromatic rings. The minimum absolute atomic E-state index is 0.778. The van der Waals surface area contributed by atoms with E-state index in [1.54, 1.807) is 13.2 Å². The number of unbranched alkanes of at least 4 members (excludes halogenated alkanes) is 2. The smallest absolute Gasteiger partial charge is 0.213 e. The Kier molecular flexibility index (Phi) is 5.83. The van der Waals surface area contributed by atoms with Gasteiger partial charge in [-0.25, -0.2) is 0 Å². The highest BCUT2D eigenvalue weighted by molar-refractivity contribution is 5.48. The third-order valence-electron chi connectivity index (χ3n) is 1.13. The molecule has 0 aliphatic rings. The highest BCUT2D eigenvalue weighted by Crippen LogP contribution is 1.94. The molecule has 2 heteroatoms. The summed E-state index contributed by atoms with van der Waals surface area (Å²) in [6.07, 6.45) is 7.56. The molecule has 10 heavy (non-hydrogen) atoms. The first-order valence-electron chi connectivity index (χ1n) is 3.44. The fourth-order valence-electron chi connectivity index (χ4n) is 0.538. The average molecular weight is 140 g/mol. The molecule has 0 bridgehead atoms. The Morgan fingerprint density at radius 2 is 2.30 bits per heavy atom. The molecule has 0 aromatic heterocycles. The van der Waals surface area contributed by atoms with Crippen LogP contribution in [0, 0.1) is 6.92 Å². The van der Waals surface area contributed by atoms with Crippen LogP contribution in [0.4, 0.5) is 0 Å². The minimum atomic E-state index is 0.778. The molecule has 0 fully saturated rings. The molecule has 2 nitrogen and oxygen atoms in total. The van der Waals surface area contributed by atoms with Gasteiger partial charge in [0.2, 0.25) is 6.41 Å². The Morgan fingerprint density at radius 1 is 1.60 bits per heavy atom. The summed E-state index contributed by atoms with van der Waals surface area (Å²) >= 11 is 0. The Hall–Kier alpha value is -0.790. The van der Waals surface area contributed by atoms with Crippen LogP contribution in [0.15, 0.2) is 12.3 Å².